The minimum absolute atomic E-state index is 1.37. The van der Waals surface area contributed by atoms with E-state index in [0.29, 0.717) is 0 Å². The number of nitrogens with two attached hydrogens (primary N) is 1. The first-order valence-electron chi connectivity index (χ1n) is 2.15. The van der Waals surface area contributed by atoms with Crippen LogP contribution in [0.4, 0.5) is 0 Å². The molecule has 2 heteroatoms. The van der Waals surface area contributed by atoms with Crippen molar-refractivity contribution < 1.29 is 0 Å². The number of nitrogens with one attached hydrogen (secondary N) is 1. The molecule has 8 heavy (non-hydrogen) atoms. The normalized spacial score (nSPS) is 7.50. The van der Waals surface area contributed by atoms with Gasteiger partial charge in [0.2, 0.25) is 0 Å². The molecule has 0 saturated carbocycles. The van der Waals surface area contributed by atoms with Gasteiger partial charge in [-0.15, -0.1) is 0 Å². The summed E-state index contributed by atoms with van der Waals surface area (Å²) in [6, 6.07) is 2.55. The van der Waals surface area contributed by atoms with E-state index in [4.69, 9.17) is 5.73 Å². The zero-order valence-corrected chi connectivity index (χ0v) is 4.52. The molecule has 0 saturated heterocycles. The first-order chi connectivity index (χ1) is 3.91. The summed E-state index contributed by atoms with van der Waals surface area (Å²) in [6.07, 6.45) is 4.41. The van der Waals surface area contributed by atoms with Gasteiger partial charge in [0.25, 0.3) is 0 Å². The lowest BCUT2D eigenvalue weighted by molar-refractivity contribution is 1.24. The Bertz CT molecular complexity index is 136. The Labute approximate surface area is 49.1 Å². The molecule has 0 rings (SSSR count). The zero-order chi connectivity index (χ0) is 6.24. The fourth-order valence-electron chi connectivity index (χ4n) is 0.182. The van der Waals surface area contributed by atoms with Gasteiger partial charge in [0, 0.05) is 18.4 Å². The van der Waals surface area contributed by atoms with Gasteiger partial charge < -0.3 is 11.1 Å². The molecular weight excluding hydrogens is 100 g/mol. The largest absolute Gasteiger partial charge is 0.403 e. The monoisotopic (exact) mass is 108 g/mol. The molecule has 0 radical (unpaired) electrons. The van der Waals surface area contributed by atoms with Crippen molar-refractivity contribution >= 4 is 0 Å². The standard InChI is InChI=1S/C6H8N2/c1-2-3-5-8-6-4-7/h2,4,6,8H,1,7H2/b6-4-. The summed E-state index contributed by atoms with van der Waals surface area (Å²) in [7, 11) is 0. The Balaban J connectivity index is 3.28. The van der Waals surface area contributed by atoms with Crippen LogP contribution in [-0.4, -0.2) is 0 Å². The van der Waals surface area contributed by atoms with Gasteiger partial charge in [-0.2, -0.15) is 0 Å². The molecule has 0 heterocycles. The topological polar surface area (TPSA) is 38.0 Å². The third-order valence-electron chi connectivity index (χ3n) is 0.426. The molecule has 2 nitrogen and oxygen atoms in total. The lowest BCUT2D eigenvalue weighted by Gasteiger charge is -1.77. The molecule has 0 aromatic carbocycles. The SMILES string of the molecule is C=CC#CN/C=C\N. The van der Waals surface area contributed by atoms with Gasteiger partial charge in [-0.05, 0) is 6.08 Å². The van der Waals surface area contributed by atoms with Crippen LogP contribution in [0.15, 0.2) is 25.1 Å². The van der Waals surface area contributed by atoms with Crippen LogP contribution in [0.3, 0.4) is 0 Å². The van der Waals surface area contributed by atoms with E-state index in [1.165, 1.54) is 18.5 Å². The maximum atomic E-state index is 4.97. The molecule has 0 aliphatic rings. The summed E-state index contributed by atoms with van der Waals surface area (Å²) in [5.41, 5.74) is 4.97. The molecule has 0 aromatic heterocycles. The molecule has 3 N–H and O–H groups in total. The van der Waals surface area contributed by atoms with Gasteiger partial charge in [-0.3, -0.25) is 0 Å². The second-order valence-electron chi connectivity index (χ2n) is 0.977. The highest BCUT2D eigenvalue weighted by molar-refractivity contribution is 5.11. The average molecular weight is 108 g/mol. The second kappa shape index (κ2) is 5.64. The van der Waals surface area contributed by atoms with E-state index in [0.717, 1.165) is 0 Å². The van der Waals surface area contributed by atoms with Crippen molar-refractivity contribution in [2.45, 2.75) is 0 Å². The Morgan fingerprint density at radius 1 is 1.62 bits per heavy atom. The van der Waals surface area contributed by atoms with Crippen molar-refractivity contribution in [3.63, 3.8) is 0 Å². The van der Waals surface area contributed by atoms with Crippen LogP contribution < -0.4 is 11.1 Å². The first kappa shape index (κ1) is 6.64. The summed E-state index contributed by atoms with van der Waals surface area (Å²) >= 11 is 0. The van der Waals surface area contributed by atoms with E-state index in [1.54, 1.807) is 0 Å². The van der Waals surface area contributed by atoms with Gasteiger partial charge in [0.05, 0.1) is 0 Å². The lowest BCUT2D eigenvalue weighted by atomic mass is 10.6. The lowest BCUT2D eigenvalue weighted by Crippen LogP contribution is -1.93. The minimum atomic E-state index is 1.37. The van der Waals surface area contributed by atoms with Gasteiger partial charge in [0.15, 0.2) is 0 Å². The van der Waals surface area contributed by atoms with E-state index in [9.17, 15) is 0 Å². The van der Waals surface area contributed by atoms with Crippen LogP contribution in [0.1, 0.15) is 0 Å². The summed E-state index contributed by atoms with van der Waals surface area (Å²) < 4.78 is 0. The number of hydrogen-bond acceptors (Lipinski definition) is 2. The Kier molecular flexibility index (Phi) is 4.68. The average Bonchev–Trinajstić information content (AvgIpc) is 1.81. The highest BCUT2D eigenvalue weighted by atomic mass is 14.8. The van der Waals surface area contributed by atoms with Crippen LogP contribution in [0.5, 0.6) is 0 Å². The van der Waals surface area contributed by atoms with Crippen molar-refractivity contribution in [1.29, 1.82) is 0 Å². The van der Waals surface area contributed by atoms with E-state index in [2.05, 4.69) is 23.9 Å². The predicted molar refractivity (Wildman–Crippen MR) is 34.4 cm³/mol. The van der Waals surface area contributed by atoms with Crippen molar-refractivity contribution in [3.8, 4) is 12.0 Å². The summed E-state index contributed by atoms with van der Waals surface area (Å²) in [6.45, 7) is 3.39. The van der Waals surface area contributed by atoms with Crippen molar-refractivity contribution in [1.82, 2.24) is 5.32 Å². The number of rotatable bonds is 1. The van der Waals surface area contributed by atoms with Crippen molar-refractivity contribution in [2.24, 2.45) is 5.73 Å². The molecule has 0 aliphatic heterocycles. The smallest absolute Gasteiger partial charge is 0.0248 e. The maximum absolute atomic E-state index is 4.97. The molecule has 0 fully saturated rings. The molecule has 0 aliphatic carbocycles. The Morgan fingerprint density at radius 2 is 2.38 bits per heavy atom. The molecule has 0 bridgehead atoms. The van der Waals surface area contributed by atoms with Crippen molar-refractivity contribution in [3.05, 3.63) is 25.1 Å². The summed E-state index contributed by atoms with van der Waals surface area (Å²) in [5.74, 6) is 2.58. The molecular formula is C6H8N2. The summed E-state index contributed by atoms with van der Waals surface area (Å²) in [4.78, 5) is 0. The van der Waals surface area contributed by atoms with Crippen LogP contribution >= 0.6 is 0 Å². The number of allylic oxidation sites excluding steroid dienone is 1. The van der Waals surface area contributed by atoms with E-state index in [1.807, 2.05) is 0 Å². The number of hydrogen-bond donors (Lipinski definition) is 2. The maximum Gasteiger partial charge on any atom is 0.0248 e. The third kappa shape index (κ3) is 4.64. The Hall–Kier alpha value is -1.36. The van der Waals surface area contributed by atoms with Crippen molar-refractivity contribution in [2.75, 3.05) is 0 Å². The van der Waals surface area contributed by atoms with E-state index >= 15 is 0 Å². The van der Waals surface area contributed by atoms with E-state index in [-0.39, 0.29) is 0 Å². The molecule has 0 unspecified atom stereocenters. The van der Waals surface area contributed by atoms with Gasteiger partial charge in [-0.1, -0.05) is 12.5 Å². The molecule has 0 amide bonds. The van der Waals surface area contributed by atoms with E-state index < -0.39 is 0 Å². The van der Waals surface area contributed by atoms with Crippen LogP contribution in [0.25, 0.3) is 0 Å². The first-order valence-corrected chi connectivity index (χ1v) is 2.15. The highest BCUT2D eigenvalue weighted by Crippen LogP contribution is 1.54. The quantitative estimate of drug-likeness (QED) is 0.370. The third-order valence-corrected chi connectivity index (χ3v) is 0.426. The summed E-state index contributed by atoms with van der Waals surface area (Å²) in [5, 5.41) is 2.60. The van der Waals surface area contributed by atoms with Crippen LogP contribution in [0, 0.1) is 12.0 Å². The Morgan fingerprint density at radius 3 is 2.88 bits per heavy atom. The van der Waals surface area contributed by atoms with Crippen LogP contribution in [0.2, 0.25) is 0 Å². The molecule has 42 valence electrons. The molecule has 0 aromatic rings. The second-order valence-corrected chi connectivity index (χ2v) is 0.977. The predicted octanol–water partition coefficient (Wildman–Crippen LogP) is 0.153. The van der Waals surface area contributed by atoms with Gasteiger partial charge in [-0.25, -0.2) is 0 Å². The van der Waals surface area contributed by atoms with Crippen LogP contribution in [-0.2, 0) is 0 Å². The van der Waals surface area contributed by atoms with Gasteiger partial charge in [0.1, 0.15) is 0 Å². The fourth-order valence-corrected chi connectivity index (χ4v) is 0.182. The molecule has 0 atom stereocenters. The minimum Gasteiger partial charge on any atom is -0.403 e. The fraction of sp³-hybridized carbons (Fsp3) is 0. The van der Waals surface area contributed by atoms with Gasteiger partial charge >= 0.3 is 0 Å². The molecule has 0 spiro atoms. The highest BCUT2D eigenvalue weighted by Gasteiger charge is 1.55. The zero-order valence-electron chi connectivity index (χ0n) is 4.52.